The molecule has 22 heavy (non-hydrogen) atoms. The van der Waals surface area contributed by atoms with Crippen molar-refractivity contribution in [3.63, 3.8) is 0 Å². The summed E-state index contributed by atoms with van der Waals surface area (Å²) in [6.07, 6.45) is 1.01. The van der Waals surface area contributed by atoms with Crippen molar-refractivity contribution < 1.29 is 13.2 Å². The van der Waals surface area contributed by atoms with Crippen LogP contribution in [0.2, 0.25) is 0 Å². The molecule has 2 rings (SSSR count). The van der Waals surface area contributed by atoms with Gasteiger partial charge in [0.1, 0.15) is 0 Å². The van der Waals surface area contributed by atoms with Crippen LogP contribution in [0.3, 0.4) is 0 Å². The van der Waals surface area contributed by atoms with Crippen LogP contribution in [0.4, 0.5) is 0 Å². The van der Waals surface area contributed by atoms with E-state index in [1.807, 2.05) is 0 Å². The molecule has 1 heterocycles. The maximum Gasteiger partial charge on any atom is 0.251 e. The molecule has 1 atom stereocenters. The molecule has 0 aromatic heterocycles. The predicted molar refractivity (Wildman–Crippen MR) is 85.2 cm³/mol. The van der Waals surface area contributed by atoms with Crippen molar-refractivity contribution in [2.75, 3.05) is 33.2 Å². The number of sulfonamides is 1. The Morgan fingerprint density at radius 1 is 1.41 bits per heavy atom. The van der Waals surface area contributed by atoms with Gasteiger partial charge in [0.15, 0.2) is 0 Å². The Labute approximate surface area is 131 Å². The number of nitrogens with zero attached hydrogens (tertiary/aromatic N) is 1. The molecule has 6 nitrogen and oxygen atoms in total. The first kappa shape index (κ1) is 16.9. The van der Waals surface area contributed by atoms with Gasteiger partial charge in [-0.05, 0) is 43.6 Å². The topological polar surface area (TPSA) is 78.5 Å². The minimum Gasteiger partial charge on any atom is -0.355 e. The van der Waals surface area contributed by atoms with Gasteiger partial charge in [0.2, 0.25) is 10.0 Å². The molecule has 1 aromatic carbocycles. The van der Waals surface area contributed by atoms with Crippen molar-refractivity contribution in [2.24, 2.45) is 5.92 Å². The number of hydrogen-bond donors (Lipinski definition) is 2. The van der Waals surface area contributed by atoms with Crippen LogP contribution in [-0.4, -0.2) is 52.5 Å². The van der Waals surface area contributed by atoms with Gasteiger partial charge in [0.05, 0.1) is 4.90 Å². The lowest BCUT2D eigenvalue weighted by Gasteiger charge is -2.14. The van der Waals surface area contributed by atoms with E-state index in [2.05, 4.69) is 21.9 Å². The van der Waals surface area contributed by atoms with Gasteiger partial charge in [0.25, 0.3) is 5.91 Å². The smallest absolute Gasteiger partial charge is 0.251 e. The van der Waals surface area contributed by atoms with Gasteiger partial charge in [-0.3, -0.25) is 4.79 Å². The maximum atomic E-state index is 12.3. The monoisotopic (exact) mass is 325 g/mol. The standard InChI is InChI=1S/C15H23N3O3S/c1-3-18-8-7-12(11-18)10-17-22(20,21)14-6-4-5-13(9-14)15(19)16-2/h4-6,9,12,17H,3,7-8,10-11H2,1-2H3,(H,16,19)/t12-/m1/s1. The third-order valence-corrected chi connectivity index (χ3v) is 5.43. The number of carbonyl (C=O) groups is 1. The van der Waals surface area contributed by atoms with Crippen molar-refractivity contribution in [3.05, 3.63) is 29.8 Å². The third-order valence-electron chi connectivity index (χ3n) is 4.01. The van der Waals surface area contributed by atoms with E-state index in [1.165, 1.54) is 19.2 Å². The Bertz CT molecular complexity index is 631. The number of hydrogen-bond acceptors (Lipinski definition) is 4. The molecule has 0 aliphatic carbocycles. The van der Waals surface area contributed by atoms with E-state index in [1.54, 1.807) is 12.1 Å². The number of rotatable bonds is 6. The highest BCUT2D eigenvalue weighted by molar-refractivity contribution is 7.89. The molecule has 0 bridgehead atoms. The van der Waals surface area contributed by atoms with E-state index in [9.17, 15) is 13.2 Å². The van der Waals surface area contributed by atoms with Crippen molar-refractivity contribution >= 4 is 15.9 Å². The molecule has 2 N–H and O–H groups in total. The van der Waals surface area contributed by atoms with Crippen molar-refractivity contribution in [2.45, 2.75) is 18.2 Å². The average Bonchev–Trinajstić information content (AvgIpc) is 3.00. The van der Waals surface area contributed by atoms with Crippen molar-refractivity contribution in [1.29, 1.82) is 0 Å². The van der Waals surface area contributed by atoms with Crippen LogP contribution >= 0.6 is 0 Å². The van der Waals surface area contributed by atoms with Crippen molar-refractivity contribution in [3.8, 4) is 0 Å². The van der Waals surface area contributed by atoms with Gasteiger partial charge in [-0.25, -0.2) is 13.1 Å². The van der Waals surface area contributed by atoms with E-state index in [-0.39, 0.29) is 10.8 Å². The molecule has 1 aromatic rings. The molecule has 0 spiro atoms. The highest BCUT2D eigenvalue weighted by Crippen LogP contribution is 2.16. The number of nitrogens with one attached hydrogen (secondary N) is 2. The molecule has 1 aliphatic heterocycles. The van der Waals surface area contributed by atoms with Crippen LogP contribution in [-0.2, 0) is 10.0 Å². The van der Waals surface area contributed by atoms with Gasteiger partial charge >= 0.3 is 0 Å². The average molecular weight is 325 g/mol. The van der Waals surface area contributed by atoms with E-state index in [0.29, 0.717) is 18.0 Å². The fraction of sp³-hybridized carbons (Fsp3) is 0.533. The van der Waals surface area contributed by atoms with Gasteiger partial charge < -0.3 is 10.2 Å². The van der Waals surface area contributed by atoms with E-state index in [4.69, 9.17) is 0 Å². The molecule has 122 valence electrons. The predicted octanol–water partition coefficient (Wildman–Crippen LogP) is 0.666. The fourth-order valence-corrected chi connectivity index (χ4v) is 3.79. The number of amides is 1. The Hall–Kier alpha value is -1.44. The summed E-state index contributed by atoms with van der Waals surface area (Å²) in [7, 11) is -2.07. The maximum absolute atomic E-state index is 12.3. The minimum atomic E-state index is -3.58. The Balaban J connectivity index is 2.03. The molecule has 0 saturated carbocycles. The van der Waals surface area contributed by atoms with E-state index in [0.717, 1.165) is 26.1 Å². The number of carbonyl (C=O) groups excluding carboxylic acids is 1. The summed E-state index contributed by atoms with van der Waals surface area (Å²) in [4.78, 5) is 14.0. The Morgan fingerprint density at radius 3 is 2.82 bits per heavy atom. The second-order valence-corrected chi connectivity index (χ2v) is 7.27. The summed E-state index contributed by atoms with van der Waals surface area (Å²) in [5.74, 6) is 0.0447. The second kappa shape index (κ2) is 7.21. The molecule has 1 fully saturated rings. The minimum absolute atomic E-state index is 0.124. The lowest BCUT2D eigenvalue weighted by atomic mass is 10.1. The zero-order valence-electron chi connectivity index (χ0n) is 13.0. The molecular formula is C15H23N3O3S. The summed E-state index contributed by atoms with van der Waals surface area (Å²) in [6, 6.07) is 6.07. The van der Waals surface area contributed by atoms with Crippen LogP contribution in [0, 0.1) is 5.92 Å². The first-order valence-corrected chi connectivity index (χ1v) is 8.98. The summed E-state index contributed by atoms with van der Waals surface area (Å²) >= 11 is 0. The Kier molecular flexibility index (Phi) is 5.55. The van der Waals surface area contributed by atoms with E-state index < -0.39 is 10.0 Å². The molecule has 1 amide bonds. The highest BCUT2D eigenvalue weighted by atomic mass is 32.2. The quantitative estimate of drug-likeness (QED) is 0.806. The summed E-state index contributed by atoms with van der Waals surface area (Å²) in [6.45, 7) is 5.49. The lowest BCUT2D eigenvalue weighted by molar-refractivity contribution is 0.0963. The normalized spacial score (nSPS) is 19.3. The SMILES string of the molecule is CCN1CC[C@H](CNS(=O)(=O)c2cccc(C(=O)NC)c2)C1. The first-order valence-electron chi connectivity index (χ1n) is 7.50. The molecule has 0 radical (unpaired) electrons. The molecule has 7 heteroatoms. The zero-order valence-corrected chi connectivity index (χ0v) is 13.8. The summed E-state index contributed by atoms with van der Waals surface area (Å²) in [5, 5.41) is 2.49. The largest absolute Gasteiger partial charge is 0.355 e. The summed E-state index contributed by atoms with van der Waals surface area (Å²) in [5.41, 5.74) is 0.336. The Morgan fingerprint density at radius 2 is 2.18 bits per heavy atom. The van der Waals surface area contributed by atoms with E-state index >= 15 is 0 Å². The molecule has 1 saturated heterocycles. The van der Waals surface area contributed by atoms with Gasteiger partial charge in [-0.15, -0.1) is 0 Å². The van der Waals surface area contributed by atoms with Crippen molar-refractivity contribution in [1.82, 2.24) is 14.9 Å². The van der Waals surface area contributed by atoms with Crippen LogP contribution in [0.5, 0.6) is 0 Å². The number of likely N-dealkylation sites (tertiary alicyclic amines) is 1. The summed E-state index contributed by atoms with van der Waals surface area (Å²) < 4.78 is 27.4. The number of benzene rings is 1. The molecular weight excluding hydrogens is 302 g/mol. The van der Waals surface area contributed by atoms with Gasteiger partial charge in [-0.1, -0.05) is 13.0 Å². The van der Waals surface area contributed by atoms with Crippen LogP contribution in [0.15, 0.2) is 29.2 Å². The van der Waals surface area contributed by atoms with Gasteiger partial charge in [-0.2, -0.15) is 0 Å². The zero-order chi connectivity index (χ0) is 16.2. The van der Waals surface area contributed by atoms with Crippen LogP contribution in [0.25, 0.3) is 0 Å². The third kappa shape index (κ3) is 4.06. The van der Waals surface area contributed by atoms with Gasteiger partial charge in [0, 0.05) is 25.7 Å². The molecule has 0 unspecified atom stereocenters. The highest BCUT2D eigenvalue weighted by Gasteiger charge is 2.23. The van der Waals surface area contributed by atoms with Crippen LogP contribution in [0.1, 0.15) is 23.7 Å². The van der Waals surface area contributed by atoms with Crippen LogP contribution < -0.4 is 10.0 Å². The fourth-order valence-electron chi connectivity index (χ4n) is 2.63. The molecule has 1 aliphatic rings. The first-order chi connectivity index (χ1) is 10.5. The lowest BCUT2D eigenvalue weighted by Crippen LogP contribution is -2.31. The second-order valence-electron chi connectivity index (χ2n) is 5.51.